The van der Waals surface area contributed by atoms with Crippen LogP contribution in [-0.4, -0.2) is 38.5 Å². The lowest BCUT2D eigenvalue weighted by molar-refractivity contribution is -0.154. The quantitative estimate of drug-likeness (QED) is 0.757. The number of carboxylic acids is 1. The zero-order chi connectivity index (χ0) is 20.1. The molecule has 0 saturated heterocycles. The molecule has 28 heavy (non-hydrogen) atoms. The summed E-state index contributed by atoms with van der Waals surface area (Å²) in [7, 11) is 4.94. The summed E-state index contributed by atoms with van der Waals surface area (Å²) in [4.78, 5) is 12.1. The molecule has 0 heterocycles. The van der Waals surface area contributed by atoms with E-state index in [0.717, 1.165) is 41.0 Å². The first-order valence-corrected chi connectivity index (χ1v) is 9.59. The van der Waals surface area contributed by atoms with Gasteiger partial charge in [0.2, 0.25) is 0 Å². The fourth-order valence-corrected chi connectivity index (χ4v) is 4.26. The van der Waals surface area contributed by atoms with Gasteiger partial charge >= 0.3 is 5.97 Å². The molecule has 2 aromatic carbocycles. The van der Waals surface area contributed by atoms with Gasteiger partial charge in [-0.3, -0.25) is 4.79 Å². The van der Waals surface area contributed by atoms with E-state index in [0.29, 0.717) is 19.3 Å². The minimum Gasteiger partial charge on any atom is -0.496 e. The standard InChI is InChI=1S/C23H28O5/c1-26-18-6-5-13-23(15-18,22(24)25)14-16-9-11-17(12-10-16)21-19(27-2)7-4-8-20(21)28-3/h4,7-12,18H,5-6,13-15H2,1-3H3,(H,24,25). The van der Waals surface area contributed by atoms with E-state index in [1.807, 2.05) is 42.5 Å². The number of methoxy groups -OCH3 is 3. The van der Waals surface area contributed by atoms with Crippen LogP contribution in [-0.2, 0) is 16.0 Å². The van der Waals surface area contributed by atoms with Crippen LogP contribution in [0.1, 0.15) is 31.2 Å². The van der Waals surface area contributed by atoms with Gasteiger partial charge in [0, 0.05) is 7.11 Å². The molecule has 1 saturated carbocycles. The molecule has 2 aromatic rings. The minimum absolute atomic E-state index is 0.0157. The second-order valence-electron chi connectivity index (χ2n) is 7.45. The van der Waals surface area contributed by atoms with Gasteiger partial charge in [0.25, 0.3) is 0 Å². The lowest BCUT2D eigenvalue weighted by atomic mass is 9.69. The first-order valence-electron chi connectivity index (χ1n) is 9.59. The number of ether oxygens (including phenoxy) is 3. The Morgan fingerprint density at radius 1 is 1.07 bits per heavy atom. The van der Waals surface area contributed by atoms with Crippen molar-refractivity contribution >= 4 is 5.97 Å². The molecule has 0 bridgehead atoms. The molecule has 1 aliphatic rings. The molecule has 1 fully saturated rings. The molecular weight excluding hydrogens is 356 g/mol. The van der Waals surface area contributed by atoms with Gasteiger partial charge in [-0.2, -0.15) is 0 Å². The molecular formula is C23H28O5. The molecule has 0 aliphatic heterocycles. The number of aliphatic carboxylic acids is 1. The fourth-order valence-electron chi connectivity index (χ4n) is 4.26. The van der Waals surface area contributed by atoms with E-state index in [1.54, 1.807) is 21.3 Å². The maximum atomic E-state index is 12.1. The zero-order valence-corrected chi connectivity index (χ0v) is 16.7. The van der Waals surface area contributed by atoms with Gasteiger partial charge in [-0.05, 0) is 55.4 Å². The maximum Gasteiger partial charge on any atom is 0.310 e. The summed E-state index contributed by atoms with van der Waals surface area (Å²) in [6.07, 6.45) is 3.57. The van der Waals surface area contributed by atoms with Gasteiger partial charge in [-0.15, -0.1) is 0 Å². The molecule has 150 valence electrons. The summed E-state index contributed by atoms with van der Waals surface area (Å²) in [6, 6.07) is 13.7. The van der Waals surface area contributed by atoms with Crippen molar-refractivity contribution in [3.05, 3.63) is 48.0 Å². The summed E-state index contributed by atoms with van der Waals surface area (Å²) >= 11 is 0. The van der Waals surface area contributed by atoms with E-state index in [-0.39, 0.29) is 6.10 Å². The number of rotatable bonds is 7. The van der Waals surface area contributed by atoms with Crippen molar-refractivity contribution in [2.75, 3.05) is 21.3 Å². The van der Waals surface area contributed by atoms with Crippen LogP contribution in [0.3, 0.4) is 0 Å². The van der Waals surface area contributed by atoms with Crippen LogP contribution in [0.2, 0.25) is 0 Å². The lowest BCUT2D eigenvalue weighted by Gasteiger charge is -2.37. The van der Waals surface area contributed by atoms with Crippen LogP contribution >= 0.6 is 0 Å². The van der Waals surface area contributed by atoms with Crippen LogP contribution < -0.4 is 9.47 Å². The molecule has 0 radical (unpaired) electrons. The SMILES string of the molecule is COc1cccc(OC)c1-c1ccc(CC2(C(=O)O)CCCC(OC)C2)cc1. The van der Waals surface area contributed by atoms with Crippen molar-refractivity contribution in [1.82, 2.24) is 0 Å². The topological polar surface area (TPSA) is 65.0 Å². The van der Waals surface area contributed by atoms with Crippen LogP contribution in [0.5, 0.6) is 11.5 Å². The number of hydrogen-bond donors (Lipinski definition) is 1. The summed E-state index contributed by atoms with van der Waals surface area (Å²) in [5, 5.41) is 9.94. The van der Waals surface area contributed by atoms with Crippen LogP contribution in [0.25, 0.3) is 11.1 Å². The van der Waals surface area contributed by atoms with Crippen LogP contribution in [0.15, 0.2) is 42.5 Å². The number of benzene rings is 2. The van der Waals surface area contributed by atoms with Crippen molar-refractivity contribution in [1.29, 1.82) is 0 Å². The number of carboxylic acid groups (broad SMARTS) is 1. The lowest BCUT2D eigenvalue weighted by Crippen LogP contribution is -2.40. The number of carbonyl (C=O) groups is 1. The second kappa shape index (κ2) is 8.65. The average molecular weight is 384 g/mol. The van der Waals surface area contributed by atoms with E-state index in [1.165, 1.54) is 0 Å². The third-order valence-electron chi connectivity index (χ3n) is 5.80. The Morgan fingerprint density at radius 3 is 2.25 bits per heavy atom. The van der Waals surface area contributed by atoms with Crippen molar-refractivity contribution in [2.45, 2.75) is 38.2 Å². The predicted molar refractivity (Wildman–Crippen MR) is 108 cm³/mol. The molecule has 2 unspecified atom stereocenters. The highest BCUT2D eigenvalue weighted by atomic mass is 16.5. The van der Waals surface area contributed by atoms with E-state index in [2.05, 4.69) is 0 Å². The molecule has 5 nitrogen and oxygen atoms in total. The Morgan fingerprint density at radius 2 is 1.71 bits per heavy atom. The zero-order valence-electron chi connectivity index (χ0n) is 16.7. The average Bonchev–Trinajstić information content (AvgIpc) is 2.73. The maximum absolute atomic E-state index is 12.1. The Kier molecular flexibility index (Phi) is 6.25. The van der Waals surface area contributed by atoms with Gasteiger partial charge in [-0.25, -0.2) is 0 Å². The molecule has 1 N–H and O–H groups in total. The molecule has 5 heteroatoms. The van der Waals surface area contributed by atoms with E-state index in [4.69, 9.17) is 14.2 Å². The van der Waals surface area contributed by atoms with Gasteiger partial charge in [0.1, 0.15) is 11.5 Å². The summed E-state index contributed by atoms with van der Waals surface area (Å²) in [6.45, 7) is 0. The summed E-state index contributed by atoms with van der Waals surface area (Å²) in [5.41, 5.74) is 2.12. The third kappa shape index (κ3) is 3.99. The summed E-state index contributed by atoms with van der Waals surface area (Å²) in [5.74, 6) is 0.748. The Labute approximate surface area is 166 Å². The molecule has 0 aromatic heterocycles. The molecule has 1 aliphatic carbocycles. The van der Waals surface area contributed by atoms with Gasteiger partial charge in [0.05, 0.1) is 31.3 Å². The predicted octanol–water partition coefficient (Wildman–Crippen LogP) is 4.57. The monoisotopic (exact) mass is 384 g/mol. The van der Waals surface area contributed by atoms with Gasteiger partial charge in [-0.1, -0.05) is 30.3 Å². The van der Waals surface area contributed by atoms with E-state index in [9.17, 15) is 9.90 Å². The van der Waals surface area contributed by atoms with Gasteiger partial charge in [0.15, 0.2) is 0 Å². The Hall–Kier alpha value is -2.53. The second-order valence-corrected chi connectivity index (χ2v) is 7.45. The van der Waals surface area contributed by atoms with Crippen molar-refractivity contribution in [2.24, 2.45) is 5.41 Å². The smallest absolute Gasteiger partial charge is 0.310 e. The van der Waals surface area contributed by atoms with E-state index >= 15 is 0 Å². The Balaban J connectivity index is 1.88. The Bertz CT molecular complexity index is 792. The molecule has 0 amide bonds. The fraction of sp³-hybridized carbons (Fsp3) is 0.435. The van der Waals surface area contributed by atoms with Crippen LogP contribution in [0.4, 0.5) is 0 Å². The largest absolute Gasteiger partial charge is 0.496 e. The molecule has 3 rings (SSSR count). The number of hydrogen-bond acceptors (Lipinski definition) is 4. The minimum atomic E-state index is -0.761. The first-order chi connectivity index (χ1) is 13.5. The molecule has 2 atom stereocenters. The van der Waals surface area contributed by atoms with E-state index < -0.39 is 11.4 Å². The van der Waals surface area contributed by atoms with Crippen molar-refractivity contribution < 1.29 is 24.1 Å². The van der Waals surface area contributed by atoms with Crippen molar-refractivity contribution in [3.63, 3.8) is 0 Å². The van der Waals surface area contributed by atoms with Crippen molar-refractivity contribution in [3.8, 4) is 22.6 Å². The highest BCUT2D eigenvalue weighted by Crippen LogP contribution is 2.42. The first kappa shape index (κ1) is 20.2. The summed E-state index contributed by atoms with van der Waals surface area (Å²) < 4.78 is 16.5. The molecule has 0 spiro atoms. The normalized spacial score (nSPS) is 21.9. The van der Waals surface area contributed by atoms with Gasteiger partial charge < -0.3 is 19.3 Å². The highest BCUT2D eigenvalue weighted by molar-refractivity contribution is 5.77. The third-order valence-corrected chi connectivity index (χ3v) is 5.80. The highest BCUT2D eigenvalue weighted by Gasteiger charge is 2.43. The van der Waals surface area contributed by atoms with Crippen LogP contribution in [0, 0.1) is 5.41 Å².